The van der Waals surface area contributed by atoms with Crippen molar-refractivity contribution in [2.75, 3.05) is 19.2 Å². The van der Waals surface area contributed by atoms with E-state index in [0.717, 1.165) is 5.69 Å². The highest BCUT2D eigenvalue weighted by molar-refractivity contribution is 7.80. The zero-order chi connectivity index (χ0) is 14.2. The Labute approximate surface area is 120 Å². The van der Waals surface area contributed by atoms with Gasteiger partial charge in [0.15, 0.2) is 0 Å². The van der Waals surface area contributed by atoms with Crippen LogP contribution in [0.15, 0.2) is 30.3 Å². The van der Waals surface area contributed by atoms with Gasteiger partial charge in [-0.05, 0) is 44.6 Å². The molecule has 0 bridgehead atoms. The number of rotatable bonds is 1. The topological polar surface area (TPSA) is 15.7 Å². The Morgan fingerprint density at radius 1 is 1.26 bits per heavy atom. The maximum Gasteiger partial charge on any atom is 0.288 e. The molecule has 0 spiro atoms. The van der Waals surface area contributed by atoms with E-state index >= 15 is 0 Å². The quantitative estimate of drug-likeness (QED) is 0.730. The first-order chi connectivity index (χ1) is 8.83. The summed E-state index contributed by atoms with van der Waals surface area (Å²) in [6, 6.07) is 8.22. The van der Waals surface area contributed by atoms with Crippen LogP contribution >= 0.6 is 12.2 Å². The number of thiocarbonyl (C=S) groups is 1. The van der Waals surface area contributed by atoms with E-state index in [0.29, 0.717) is 5.17 Å². The Morgan fingerprint density at radius 2 is 1.89 bits per heavy atom. The van der Waals surface area contributed by atoms with Crippen LogP contribution in [0, 0.1) is 0 Å². The lowest BCUT2D eigenvalue weighted by Crippen LogP contribution is -2.47. The van der Waals surface area contributed by atoms with Gasteiger partial charge in [-0.3, -0.25) is 0 Å². The van der Waals surface area contributed by atoms with Crippen LogP contribution < -0.4 is 5.06 Å². The lowest BCUT2D eigenvalue weighted by molar-refractivity contribution is 0.185. The monoisotopic (exact) mass is 276 g/mol. The summed E-state index contributed by atoms with van der Waals surface area (Å²) < 4.78 is 0. The van der Waals surface area contributed by atoms with E-state index in [9.17, 15) is 0 Å². The van der Waals surface area contributed by atoms with Crippen molar-refractivity contribution in [3.63, 3.8) is 0 Å². The Morgan fingerprint density at radius 3 is 2.53 bits per heavy atom. The van der Waals surface area contributed by atoms with Crippen LogP contribution in [-0.4, -0.2) is 29.7 Å². The standard InChI is InChI=1S/C15H20N2OS/c1-11-10-15(2,3)17(18-14(19)16(4)5)13-9-7-6-8-12(11)13/h6-10H,1-5H3. The van der Waals surface area contributed by atoms with Gasteiger partial charge in [0.05, 0.1) is 11.2 Å². The van der Waals surface area contributed by atoms with Crippen LogP contribution in [0.5, 0.6) is 0 Å². The number of hydrogen-bond donors (Lipinski definition) is 0. The van der Waals surface area contributed by atoms with Crippen molar-refractivity contribution in [2.24, 2.45) is 0 Å². The van der Waals surface area contributed by atoms with Gasteiger partial charge >= 0.3 is 0 Å². The molecule has 0 N–H and O–H groups in total. The van der Waals surface area contributed by atoms with Gasteiger partial charge in [-0.1, -0.05) is 24.3 Å². The van der Waals surface area contributed by atoms with Crippen molar-refractivity contribution in [1.29, 1.82) is 0 Å². The molecule has 0 saturated heterocycles. The molecule has 0 atom stereocenters. The molecule has 1 heterocycles. The Hall–Kier alpha value is -1.55. The summed E-state index contributed by atoms with van der Waals surface area (Å²) in [5, 5.41) is 2.34. The largest absolute Gasteiger partial charge is 0.348 e. The normalized spacial score (nSPS) is 16.5. The molecule has 0 fully saturated rings. The number of hydrogen-bond acceptors (Lipinski definition) is 3. The van der Waals surface area contributed by atoms with Crippen molar-refractivity contribution in [3.05, 3.63) is 35.9 Å². The minimum Gasteiger partial charge on any atom is -0.348 e. The Bertz CT molecular complexity index is 535. The third-order valence-electron chi connectivity index (χ3n) is 3.18. The molecule has 3 nitrogen and oxygen atoms in total. The first-order valence-corrected chi connectivity index (χ1v) is 6.72. The van der Waals surface area contributed by atoms with E-state index < -0.39 is 0 Å². The van der Waals surface area contributed by atoms with E-state index in [4.69, 9.17) is 17.1 Å². The van der Waals surface area contributed by atoms with Gasteiger partial charge in [0.1, 0.15) is 0 Å². The van der Waals surface area contributed by atoms with Crippen LogP contribution in [0.1, 0.15) is 26.3 Å². The summed E-state index contributed by atoms with van der Waals surface area (Å²) in [4.78, 5) is 7.68. The second kappa shape index (κ2) is 4.85. The molecule has 0 amide bonds. The lowest BCUT2D eigenvalue weighted by Gasteiger charge is -2.41. The molecule has 102 valence electrons. The van der Waals surface area contributed by atoms with E-state index in [1.807, 2.05) is 31.3 Å². The predicted molar refractivity (Wildman–Crippen MR) is 84.0 cm³/mol. The summed E-state index contributed by atoms with van der Waals surface area (Å²) in [5.74, 6) is 0. The highest BCUT2D eigenvalue weighted by Gasteiger charge is 2.34. The summed E-state index contributed by atoms with van der Waals surface area (Å²) in [6.07, 6.45) is 2.20. The smallest absolute Gasteiger partial charge is 0.288 e. The number of nitrogens with zero attached hydrogens (tertiary/aromatic N) is 2. The fraction of sp³-hybridized carbons (Fsp3) is 0.400. The number of anilines is 1. The molecule has 0 unspecified atom stereocenters. The van der Waals surface area contributed by atoms with Crippen molar-refractivity contribution >= 4 is 28.7 Å². The van der Waals surface area contributed by atoms with Crippen LogP contribution in [-0.2, 0) is 4.84 Å². The van der Waals surface area contributed by atoms with Gasteiger partial charge < -0.3 is 9.74 Å². The van der Waals surface area contributed by atoms with Crippen LogP contribution in [0.4, 0.5) is 5.69 Å². The van der Waals surface area contributed by atoms with Gasteiger partial charge in [-0.15, -0.1) is 0 Å². The van der Waals surface area contributed by atoms with Gasteiger partial charge in [-0.2, -0.15) is 5.06 Å². The highest BCUT2D eigenvalue weighted by atomic mass is 32.1. The van der Waals surface area contributed by atoms with E-state index in [-0.39, 0.29) is 5.54 Å². The molecule has 0 aromatic heterocycles. The minimum atomic E-state index is -0.238. The van der Waals surface area contributed by atoms with E-state index in [1.54, 1.807) is 4.90 Å². The molecule has 4 heteroatoms. The Balaban J connectivity index is 2.44. The summed E-state index contributed by atoms with van der Waals surface area (Å²) in [6.45, 7) is 6.36. The number of benzene rings is 1. The molecular formula is C15H20N2OS. The molecule has 1 aliphatic heterocycles. The summed E-state index contributed by atoms with van der Waals surface area (Å²) in [7, 11) is 3.76. The molecule has 0 aliphatic carbocycles. The Kier molecular flexibility index (Phi) is 3.54. The molecule has 0 saturated carbocycles. The van der Waals surface area contributed by atoms with Gasteiger partial charge in [0.25, 0.3) is 5.17 Å². The highest BCUT2D eigenvalue weighted by Crippen LogP contribution is 2.38. The molecule has 2 rings (SSSR count). The number of hydroxylamine groups is 1. The SMILES string of the molecule is CC1=CC(C)(C)N(OC(=S)N(C)C)c2ccccc21. The second-order valence-corrected chi connectivity index (χ2v) is 5.89. The van der Waals surface area contributed by atoms with E-state index in [1.165, 1.54) is 11.1 Å². The number of allylic oxidation sites excluding steroid dienone is 1. The first-order valence-electron chi connectivity index (χ1n) is 6.31. The zero-order valence-corrected chi connectivity index (χ0v) is 12.9. The predicted octanol–water partition coefficient (Wildman–Crippen LogP) is 3.47. The van der Waals surface area contributed by atoms with Gasteiger partial charge in [0, 0.05) is 19.7 Å². The van der Waals surface area contributed by atoms with Crippen molar-refractivity contribution < 1.29 is 4.84 Å². The average Bonchev–Trinajstić information content (AvgIpc) is 2.33. The number of para-hydroxylation sites is 1. The van der Waals surface area contributed by atoms with Gasteiger partial charge in [0.2, 0.25) is 0 Å². The third kappa shape index (κ3) is 2.59. The first kappa shape index (κ1) is 13.9. The van der Waals surface area contributed by atoms with Gasteiger partial charge in [-0.25, -0.2) is 0 Å². The van der Waals surface area contributed by atoms with Crippen LogP contribution in [0.2, 0.25) is 0 Å². The molecule has 1 aromatic rings. The van der Waals surface area contributed by atoms with Crippen molar-refractivity contribution in [1.82, 2.24) is 4.90 Å². The lowest BCUT2D eigenvalue weighted by atomic mass is 9.91. The second-order valence-electron chi connectivity index (χ2n) is 5.54. The fourth-order valence-electron chi connectivity index (χ4n) is 2.29. The zero-order valence-electron chi connectivity index (χ0n) is 12.1. The maximum absolute atomic E-state index is 5.89. The molecule has 1 aliphatic rings. The maximum atomic E-state index is 5.89. The van der Waals surface area contributed by atoms with E-state index in [2.05, 4.69) is 39.0 Å². The number of fused-ring (bicyclic) bond motifs is 1. The van der Waals surface area contributed by atoms with Crippen LogP contribution in [0.3, 0.4) is 0 Å². The van der Waals surface area contributed by atoms with Crippen LogP contribution in [0.25, 0.3) is 5.57 Å². The third-order valence-corrected chi connectivity index (χ3v) is 3.62. The summed E-state index contributed by atoms with van der Waals surface area (Å²) in [5.41, 5.74) is 3.26. The molecule has 19 heavy (non-hydrogen) atoms. The fourth-order valence-corrected chi connectivity index (χ4v) is 2.36. The molecule has 0 radical (unpaired) electrons. The molecule has 1 aromatic carbocycles. The van der Waals surface area contributed by atoms with Crippen molar-refractivity contribution in [2.45, 2.75) is 26.3 Å². The minimum absolute atomic E-state index is 0.238. The van der Waals surface area contributed by atoms with Crippen molar-refractivity contribution in [3.8, 4) is 0 Å². The molecular weight excluding hydrogens is 256 g/mol. The summed E-state index contributed by atoms with van der Waals surface area (Å²) >= 11 is 5.26. The average molecular weight is 276 g/mol.